The van der Waals surface area contributed by atoms with Crippen molar-refractivity contribution in [1.29, 1.82) is 0 Å². The lowest BCUT2D eigenvalue weighted by atomic mass is 9.96. The predicted molar refractivity (Wildman–Crippen MR) is 128 cm³/mol. The topological polar surface area (TPSA) is 66.0 Å². The van der Waals surface area contributed by atoms with Crippen molar-refractivity contribution in [3.63, 3.8) is 0 Å². The summed E-state index contributed by atoms with van der Waals surface area (Å²) in [7, 11) is 3.48. The van der Waals surface area contributed by atoms with Crippen LogP contribution in [0, 0.1) is 0 Å². The first kappa shape index (κ1) is 24.2. The zero-order valence-corrected chi connectivity index (χ0v) is 20.3. The third kappa shape index (κ3) is 7.00. The second kappa shape index (κ2) is 11.4. The minimum absolute atomic E-state index is 0. The molecule has 1 amide bonds. The van der Waals surface area contributed by atoms with Gasteiger partial charge in [-0.25, -0.2) is 4.99 Å². The predicted octanol–water partition coefficient (Wildman–Crippen LogP) is 3.18. The molecule has 6 nitrogen and oxygen atoms in total. The van der Waals surface area contributed by atoms with Gasteiger partial charge in [0, 0.05) is 44.2 Å². The van der Waals surface area contributed by atoms with E-state index in [1.54, 1.807) is 19.0 Å². The first-order valence-corrected chi connectivity index (χ1v) is 10.5. The van der Waals surface area contributed by atoms with Crippen LogP contribution in [0.2, 0.25) is 5.02 Å². The highest BCUT2D eigenvalue weighted by atomic mass is 127. The van der Waals surface area contributed by atoms with Crippen LogP contribution in [0.25, 0.3) is 0 Å². The Bertz CT molecular complexity index is 704. The van der Waals surface area contributed by atoms with Gasteiger partial charge < -0.3 is 20.3 Å². The molecule has 1 saturated carbocycles. The Morgan fingerprint density at radius 2 is 2.03 bits per heavy atom. The van der Waals surface area contributed by atoms with E-state index in [-0.39, 0.29) is 47.9 Å². The normalized spacial score (nSPS) is 20.4. The molecule has 29 heavy (non-hydrogen) atoms. The molecule has 2 aliphatic rings. The SMILES string of the molecule is CN(C)C(=O)CN=C(NCC1CCCCO1)NCC1(c2ccccc2Cl)CC1.I. The van der Waals surface area contributed by atoms with Crippen molar-refractivity contribution < 1.29 is 9.53 Å². The number of aliphatic imine (C=N–C) groups is 1. The summed E-state index contributed by atoms with van der Waals surface area (Å²) in [5.41, 5.74) is 1.23. The Labute approximate surface area is 195 Å². The average Bonchev–Trinajstić information content (AvgIpc) is 3.49. The highest BCUT2D eigenvalue weighted by molar-refractivity contribution is 14.0. The van der Waals surface area contributed by atoms with Gasteiger partial charge in [0.1, 0.15) is 6.54 Å². The minimum atomic E-state index is -0.0257. The van der Waals surface area contributed by atoms with Crippen LogP contribution >= 0.6 is 35.6 Å². The number of likely N-dealkylation sites (N-methyl/N-ethyl adjacent to an activating group) is 1. The number of guanidine groups is 1. The van der Waals surface area contributed by atoms with Crippen LogP contribution in [0.3, 0.4) is 0 Å². The highest BCUT2D eigenvalue weighted by Crippen LogP contribution is 2.49. The third-order valence-electron chi connectivity index (χ3n) is 5.54. The van der Waals surface area contributed by atoms with E-state index >= 15 is 0 Å². The number of benzene rings is 1. The van der Waals surface area contributed by atoms with Crippen LogP contribution in [0.15, 0.2) is 29.3 Å². The van der Waals surface area contributed by atoms with E-state index in [1.165, 1.54) is 12.0 Å². The van der Waals surface area contributed by atoms with Gasteiger partial charge >= 0.3 is 0 Å². The van der Waals surface area contributed by atoms with Gasteiger partial charge in [0.25, 0.3) is 0 Å². The molecular formula is C21H32ClIN4O2. The molecule has 1 aliphatic carbocycles. The number of ether oxygens (including phenoxy) is 1. The maximum atomic E-state index is 12.0. The number of hydrogen-bond acceptors (Lipinski definition) is 3. The Morgan fingerprint density at radius 1 is 1.28 bits per heavy atom. The first-order valence-electron chi connectivity index (χ1n) is 10.1. The minimum Gasteiger partial charge on any atom is -0.376 e. The Hall–Kier alpha value is -1.06. The van der Waals surface area contributed by atoms with Crippen molar-refractivity contribution in [3.8, 4) is 0 Å². The zero-order chi connectivity index (χ0) is 20.0. The molecule has 0 spiro atoms. The van der Waals surface area contributed by atoms with Gasteiger partial charge in [0.05, 0.1) is 6.10 Å². The summed E-state index contributed by atoms with van der Waals surface area (Å²) in [6.45, 7) is 2.37. The van der Waals surface area contributed by atoms with Crippen molar-refractivity contribution in [2.45, 2.75) is 43.6 Å². The molecule has 0 aromatic heterocycles. The van der Waals surface area contributed by atoms with E-state index in [4.69, 9.17) is 16.3 Å². The lowest BCUT2D eigenvalue weighted by Gasteiger charge is -2.25. The fourth-order valence-electron chi connectivity index (χ4n) is 3.48. The quantitative estimate of drug-likeness (QED) is 0.320. The van der Waals surface area contributed by atoms with Crippen LogP contribution in [-0.4, -0.2) is 63.2 Å². The van der Waals surface area contributed by atoms with Crippen LogP contribution in [0.4, 0.5) is 0 Å². The van der Waals surface area contributed by atoms with E-state index < -0.39 is 0 Å². The maximum Gasteiger partial charge on any atom is 0.243 e. The molecule has 0 radical (unpaired) electrons. The summed E-state index contributed by atoms with van der Waals surface area (Å²) in [6.07, 6.45) is 5.77. The molecule has 2 N–H and O–H groups in total. The number of halogens is 2. The molecule has 1 aliphatic heterocycles. The number of carbonyl (C=O) groups is 1. The smallest absolute Gasteiger partial charge is 0.243 e. The van der Waals surface area contributed by atoms with E-state index in [1.807, 2.05) is 18.2 Å². The maximum absolute atomic E-state index is 12.0. The van der Waals surface area contributed by atoms with Gasteiger partial charge in [-0.2, -0.15) is 0 Å². The third-order valence-corrected chi connectivity index (χ3v) is 5.86. The lowest BCUT2D eigenvalue weighted by molar-refractivity contribution is -0.127. The molecule has 1 heterocycles. The standard InChI is InChI=1S/C21H31ClN4O2.HI/c1-26(2)19(27)14-24-20(23-13-16-7-5-6-12-28-16)25-15-21(10-11-21)17-8-3-4-9-18(17)22;/h3-4,8-9,16H,5-7,10-15H2,1-2H3,(H2,23,24,25);1H. The average molecular weight is 535 g/mol. The molecule has 1 saturated heterocycles. The van der Waals surface area contributed by atoms with E-state index in [9.17, 15) is 4.79 Å². The van der Waals surface area contributed by atoms with Crippen LogP contribution in [0.1, 0.15) is 37.7 Å². The first-order chi connectivity index (χ1) is 13.5. The molecule has 1 aromatic carbocycles. The summed E-state index contributed by atoms with van der Waals surface area (Å²) < 4.78 is 5.80. The second-order valence-electron chi connectivity index (χ2n) is 7.94. The Balaban J connectivity index is 0.00000300. The largest absolute Gasteiger partial charge is 0.376 e. The van der Waals surface area contributed by atoms with Crippen LogP contribution in [-0.2, 0) is 14.9 Å². The van der Waals surface area contributed by atoms with Crippen molar-refractivity contribution in [2.24, 2.45) is 4.99 Å². The van der Waals surface area contributed by atoms with Gasteiger partial charge in [0.15, 0.2) is 5.96 Å². The summed E-state index contributed by atoms with van der Waals surface area (Å²) in [5.74, 6) is 0.630. The molecule has 3 rings (SSSR count). The number of hydrogen-bond donors (Lipinski definition) is 2. The van der Waals surface area contributed by atoms with E-state index in [0.29, 0.717) is 12.5 Å². The molecule has 2 fully saturated rings. The molecule has 162 valence electrons. The van der Waals surface area contributed by atoms with Crippen molar-refractivity contribution in [1.82, 2.24) is 15.5 Å². The van der Waals surface area contributed by atoms with Gasteiger partial charge in [-0.05, 0) is 43.7 Å². The molecule has 1 unspecified atom stereocenters. The lowest BCUT2D eigenvalue weighted by Crippen LogP contribution is -2.45. The fourth-order valence-corrected chi connectivity index (χ4v) is 3.81. The van der Waals surface area contributed by atoms with Gasteiger partial charge in [-0.1, -0.05) is 29.8 Å². The van der Waals surface area contributed by atoms with Crippen molar-refractivity contribution in [3.05, 3.63) is 34.9 Å². The second-order valence-corrected chi connectivity index (χ2v) is 8.34. The number of rotatable bonds is 7. The van der Waals surface area contributed by atoms with Crippen molar-refractivity contribution >= 4 is 47.4 Å². The molecule has 1 atom stereocenters. The summed E-state index contributed by atoms with van der Waals surface area (Å²) in [5, 5.41) is 7.61. The van der Waals surface area contributed by atoms with Crippen LogP contribution < -0.4 is 10.6 Å². The molecule has 8 heteroatoms. The van der Waals surface area contributed by atoms with E-state index in [0.717, 1.165) is 43.9 Å². The Kier molecular flexibility index (Phi) is 9.49. The number of amides is 1. The monoisotopic (exact) mass is 534 g/mol. The van der Waals surface area contributed by atoms with Gasteiger partial charge in [0.2, 0.25) is 5.91 Å². The summed E-state index contributed by atoms with van der Waals surface area (Å²) in [4.78, 5) is 18.0. The van der Waals surface area contributed by atoms with Gasteiger partial charge in [-0.15, -0.1) is 24.0 Å². The fraction of sp³-hybridized carbons (Fsp3) is 0.619. The number of carbonyl (C=O) groups excluding carboxylic acids is 1. The van der Waals surface area contributed by atoms with Crippen molar-refractivity contribution in [2.75, 3.05) is 40.3 Å². The molecular weight excluding hydrogens is 503 g/mol. The summed E-state index contributed by atoms with van der Waals surface area (Å²) >= 11 is 6.42. The Morgan fingerprint density at radius 3 is 2.66 bits per heavy atom. The number of nitrogens with zero attached hydrogens (tertiary/aromatic N) is 2. The van der Waals surface area contributed by atoms with E-state index in [2.05, 4.69) is 21.7 Å². The highest BCUT2D eigenvalue weighted by Gasteiger charge is 2.45. The van der Waals surface area contributed by atoms with Gasteiger partial charge in [-0.3, -0.25) is 4.79 Å². The summed E-state index contributed by atoms with van der Waals surface area (Å²) in [6, 6.07) is 8.04. The molecule has 1 aromatic rings. The number of nitrogens with one attached hydrogen (secondary N) is 2. The molecule has 0 bridgehead atoms. The van der Waals surface area contributed by atoms with Crippen LogP contribution in [0.5, 0.6) is 0 Å². The zero-order valence-electron chi connectivity index (χ0n) is 17.2.